The standard InChI is InChI=1S/C30H35N3O2/c34-30(29-8-4-5-17-31-29)33-20-15-28(16-21-33)35-27-11-9-26(10-12-27)23-32-18-13-25(14-19-32)22-24-6-2-1-3-7-24/h1-12,17,25,28H,13-16,18-23H2. The first-order valence-corrected chi connectivity index (χ1v) is 12.9. The summed E-state index contributed by atoms with van der Waals surface area (Å²) in [6.07, 6.45) is 7.26. The number of benzene rings is 2. The molecule has 2 saturated heterocycles. The smallest absolute Gasteiger partial charge is 0.272 e. The fraction of sp³-hybridized carbons (Fsp3) is 0.400. The van der Waals surface area contributed by atoms with Crippen LogP contribution < -0.4 is 4.74 Å². The molecule has 2 aromatic carbocycles. The van der Waals surface area contributed by atoms with Gasteiger partial charge in [-0.2, -0.15) is 0 Å². The maximum absolute atomic E-state index is 12.6. The van der Waals surface area contributed by atoms with Gasteiger partial charge >= 0.3 is 0 Å². The van der Waals surface area contributed by atoms with Crippen LogP contribution in [0.25, 0.3) is 0 Å². The van der Waals surface area contributed by atoms with Crippen LogP contribution in [0.5, 0.6) is 5.75 Å². The quantitative estimate of drug-likeness (QED) is 0.476. The summed E-state index contributed by atoms with van der Waals surface area (Å²) in [6, 6.07) is 24.9. The molecule has 5 rings (SSSR count). The van der Waals surface area contributed by atoms with Crippen molar-refractivity contribution >= 4 is 5.91 Å². The number of ether oxygens (including phenoxy) is 1. The van der Waals surface area contributed by atoms with Gasteiger partial charge in [-0.15, -0.1) is 0 Å². The Kier molecular flexibility index (Phi) is 7.74. The molecule has 1 aromatic heterocycles. The van der Waals surface area contributed by atoms with Crippen molar-refractivity contribution in [2.75, 3.05) is 26.2 Å². The van der Waals surface area contributed by atoms with Crippen LogP contribution in [0.2, 0.25) is 0 Å². The van der Waals surface area contributed by atoms with E-state index in [1.54, 1.807) is 12.3 Å². The fourth-order valence-electron chi connectivity index (χ4n) is 5.25. The van der Waals surface area contributed by atoms with Crippen LogP contribution in [0.15, 0.2) is 79.0 Å². The molecule has 35 heavy (non-hydrogen) atoms. The number of piperidine rings is 2. The number of hydrogen-bond donors (Lipinski definition) is 0. The number of amides is 1. The lowest BCUT2D eigenvalue weighted by atomic mass is 9.90. The van der Waals surface area contributed by atoms with E-state index >= 15 is 0 Å². The molecule has 0 N–H and O–H groups in total. The second-order valence-corrected chi connectivity index (χ2v) is 9.88. The molecule has 0 atom stereocenters. The maximum Gasteiger partial charge on any atom is 0.272 e. The molecule has 2 aliphatic rings. The third-order valence-corrected chi connectivity index (χ3v) is 7.32. The van der Waals surface area contributed by atoms with Gasteiger partial charge < -0.3 is 9.64 Å². The van der Waals surface area contributed by atoms with E-state index in [0.29, 0.717) is 18.8 Å². The zero-order valence-corrected chi connectivity index (χ0v) is 20.4. The molecule has 0 saturated carbocycles. The molecule has 0 aliphatic carbocycles. The highest BCUT2D eigenvalue weighted by Crippen LogP contribution is 2.24. The van der Waals surface area contributed by atoms with E-state index in [1.807, 2.05) is 17.0 Å². The summed E-state index contributed by atoms with van der Waals surface area (Å²) < 4.78 is 6.24. The number of carbonyl (C=O) groups is 1. The van der Waals surface area contributed by atoms with Gasteiger partial charge in [0.15, 0.2) is 0 Å². The van der Waals surface area contributed by atoms with Gasteiger partial charge in [-0.1, -0.05) is 48.5 Å². The summed E-state index contributed by atoms with van der Waals surface area (Å²) >= 11 is 0. The molecule has 1 amide bonds. The molecule has 3 aromatic rings. The summed E-state index contributed by atoms with van der Waals surface area (Å²) in [7, 11) is 0. The molecule has 0 spiro atoms. The average molecular weight is 470 g/mol. The van der Waals surface area contributed by atoms with E-state index in [-0.39, 0.29) is 12.0 Å². The molecule has 2 aliphatic heterocycles. The summed E-state index contributed by atoms with van der Waals surface area (Å²) in [5.74, 6) is 1.73. The highest BCUT2D eigenvalue weighted by atomic mass is 16.5. The summed E-state index contributed by atoms with van der Waals surface area (Å²) in [6.45, 7) is 4.76. The molecule has 182 valence electrons. The van der Waals surface area contributed by atoms with Crippen LogP contribution >= 0.6 is 0 Å². The fourth-order valence-corrected chi connectivity index (χ4v) is 5.25. The highest BCUT2D eigenvalue weighted by Gasteiger charge is 2.25. The Morgan fingerprint density at radius 2 is 1.51 bits per heavy atom. The average Bonchev–Trinajstić information content (AvgIpc) is 2.92. The third-order valence-electron chi connectivity index (χ3n) is 7.32. The first-order valence-electron chi connectivity index (χ1n) is 12.9. The Hall–Kier alpha value is -3.18. The summed E-state index contributed by atoms with van der Waals surface area (Å²) in [4.78, 5) is 21.2. The Morgan fingerprint density at radius 3 is 2.20 bits per heavy atom. The number of pyridine rings is 1. The van der Waals surface area contributed by atoms with Crippen LogP contribution in [0.4, 0.5) is 0 Å². The number of carbonyl (C=O) groups excluding carboxylic acids is 1. The number of aromatic nitrogens is 1. The Bertz CT molecular complexity index is 1060. The minimum absolute atomic E-state index is 0.0116. The first kappa shape index (κ1) is 23.6. The molecule has 5 nitrogen and oxygen atoms in total. The number of nitrogens with zero attached hydrogens (tertiary/aromatic N) is 3. The minimum Gasteiger partial charge on any atom is -0.490 e. The van der Waals surface area contributed by atoms with E-state index in [4.69, 9.17) is 4.74 Å². The lowest BCUT2D eigenvalue weighted by molar-refractivity contribution is 0.0590. The SMILES string of the molecule is O=C(c1ccccn1)N1CCC(Oc2ccc(CN3CCC(Cc4ccccc4)CC3)cc2)CC1. The van der Waals surface area contributed by atoms with Crippen molar-refractivity contribution < 1.29 is 9.53 Å². The predicted octanol–water partition coefficient (Wildman–Crippen LogP) is 5.22. The van der Waals surface area contributed by atoms with Gasteiger partial charge in [0, 0.05) is 38.7 Å². The van der Waals surface area contributed by atoms with E-state index in [2.05, 4.69) is 64.5 Å². The van der Waals surface area contributed by atoms with E-state index in [1.165, 1.54) is 43.5 Å². The van der Waals surface area contributed by atoms with Crippen molar-refractivity contribution in [3.63, 3.8) is 0 Å². The van der Waals surface area contributed by atoms with Crippen molar-refractivity contribution in [2.24, 2.45) is 5.92 Å². The minimum atomic E-state index is 0.0116. The summed E-state index contributed by atoms with van der Waals surface area (Å²) in [5.41, 5.74) is 3.32. The lowest BCUT2D eigenvalue weighted by Crippen LogP contribution is -2.42. The van der Waals surface area contributed by atoms with Gasteiger partial charge in [0.2, 0.25) is 0 Å². The Labute approximate surface area is 208 Å². The normalized spacial score (nSPS) is 17.9. The molecular formula is C30H35N3O2. The molecule has 0 bridgehead atoms. The van der Waals surface area contributed by atoms with Gasteiger partial charge in [0.05, 0.1) is 0 Å². The largest absolute Gasteiger partial charge is 0.490 e. The lowest BCUT2D eigenvalue weighted by Gasteiger charge is -2.32. The topological polar surface area (TPSA) is 45.7 Å². The number of rotatable bonds is 7. The van der Waals surface area contributed by atoms with Crippen molar-refractivity contribution in [1.82, 2.24) is 14.8 Å². The number of hydrogen-bond acceptors (Lipinski definition) is 4. The van der Waals surface area contributed by atoms with Crippen LogP contribution in [-0.4, -0.2) is 53.0 Å². The van der Waals surface area contributed by atoms with E-state index < -0.39 is 0 Å². The highest BCUT2D eigenvalue weighted by molar-refractivity contribution is 5.92. The van der Waals surface area contributed by atoms with Crippen LogP contribution in [0.1, 0.15) is 47.3 Å². The van der Waals surface area contributed by atoms with Crippen molar-refractivity contribution in [3.05, 3.63) is 95.8 Å². The monoisotopic (exact) mass is 469 g/mol. The molecule has 0 unspecified atom stereocenters. The molecule has 0 radical (unpaired) electrons. The third kappa shape index (κ3) is 6.49. The van der Waals surface area contributed by atoms with Crippen molar-refractivity contribution in [1.29, 1.82) is 0 Å². The van der Waals surface area contributed by atoms with Crippen molar-refractivity contribution in [2.45, 2.75) is 44.8 Å². The maximum atomic E-state index is 12.6. The molecule has 2 fully saturated rings. The second-order valence-electron chi connectivity index (χ2n) is 9.88. The number of likely N-dealkylation sites (tertiary alicyclic amines) is 2. The van der Waals surface area contributed by atoms with Crippen LogP contribution in [0, 0.1) is 5.92 Å². The first-order chi connectivity index (χ1) is 17.2. The zero-order chi connectivity index (χ0) is 23.9. The van der Waals surface area contributed by atoms with Gasteiger partial charge in [-0.05, 0) is 73.7 Å². The Morgan fingerprint density at radius 1 is 0.800 bits per heavy atom. The van der Waals surface area contributed by atoms with Crippen LogP contribution in [-0.2, 0) is 13.0 Å². The molecule has 3 heterocycles. The molecular weight excluding hydrogens is 434 g/mol. The van der Waals surface area contributed by atoms with Gasteiger partial charge in [0.1, 0.15) is 17.5 Å². The van der Waals surface area contributed by atoms with Gasteiger partial charge in [-0.3, -0.25) is 14.7 Å². The second kappa shape index (κ2) is 11.5. The van der Waals surface area contributed by atoms with Crippen molar-refractivity contribution in [3.8, 4) is 5.75 Å². The zero-order valence-electron chi connectivity index (χ0n) is 20.4. The van der Waals surface area contributed by atoms with E-state index in [0.717, 1.165) is 31.1 Å². The van der Waals surface area contributed by atoms with Gasteiger partial charge in [0.25, 0.3) is 5.91 Å². The molecule has 5 heteroatoms. The predicted molar refractivity (Wildman–Crippen MR) is 138 cm³/mol. The summed E-state index contributed by atoms with van der Waals surface area (Å²) in [5, 5.41) is 0. The van der Waals surface area contributed by atoms with E-state index in [9.17, 15) is 4.79 Å². The van der Waals surface area contributed by atoms with Gasteiger partial charge in [-0.25, -0.2) is 0 Å². The Balaban J connectivity index is 1.04. The van der Waals surface area contributed by atoms with Crippen LogP contribution in [0.3, 0.4) is 0 Å².